The lowest BCUT2D eigenvalue weighted by Gasteiger charge is -2.24. The van der Waals surface area contributed by atoms with E-state index < -0.39 is 0 Å². The Kier molecular flexibility index (Phi) is 6.76. The van der Waals surface area contributed by atoms with E-state index in [1.165, 1.54) is 0 Å². The van der Waals surface area contributed by atoms with Gasteiger partial charge in [0.2, 0.25) is 0 Å². The third kappa shape index (κ3) is 4.31. The van der Waals surface area contributed by atoms with Gasteiger partial charge in [-0.3, -0.25) is 0 Å². The Labute approximate surface area is 110 Å². The number of anilines is 1. The summed E-state index contributed by atoms with van der Waals surface area (Å²) in [6.45, 7) is 5.93. The summed E-state index contributed by atoms with van der Waals surface area (Å²) in [6, 6.07) is 8.00. The minimum Gasteiger partial charge on any atom is -0.395 e. The summed E-state index contributed by atoms with van der Waals surface area (Å²) in [6.07, 6.45) is 2.63. The summed E-state index contributed by atoms with van der Waals surface area (Å²) in [5, 5.41) is 18.8. The monoisotopic (exact) mass is 251 g/mol. The van der Waals surface area contributed by atoms with E-state index in [-0.39, 0.29) is 12.7 Å². The SMILES string of the molecule is CCCCN(CCO)c1ccc(C(O)CC)cc1. The standard InChI is InChI=1S/C15H25NO2/c1-3-5-10-16(11-12-17)14-8-6-13(7-9-14)15(18)4-2/h6-9,15,17-18H,3-5,10-12H2,1-2H3. The molecule has 0 fully saturated rings. The van der Waals surface area contributed by atoms with E-state index in [4.69, 9.17) is 5.11 Å². The van der Waals surface area contributed by atoms with Crippen molar-refractivity contribution in [3.63, 3.8) is 0 Å². The summed E-state index contributed by atoms with van der Waals surface area (Å²) in [5.74, 6) is 0. The first kappa shape index (κ1) is 15.0. The van der Waals surface area contributed by atoms with Gasteiger partial charge in [-0.15, -0.1) is 0 Å². The van der Waals surface area contributed by atoms with Crippen molar-refractivity contribution in [2.45, 2.75) is 39.2 Å². The zero-order valence-corrected chi connectivity index (χ0v) is 11.5. The highest BCUT2D eigenvalue weighted by Gasteiger charge is 2.08. The quantitative estimate of drug-likeness (QED) is 0.746. The minimum absolute atomic E-state index is 0.170. The van der Waals surface area contributed by atoms with E-state index in [0.29, 0.717) is 6.54 Å². The van der Waals surface area contributed by atoms with Gasteiger partial charge in [0.25, 0.3) is 0 Å². The van der Waals surface area contributed by atoms with Crippen LogP contribution in [0.1, 0.15) is 44.8 Å². The Balaban J connectivity index is 2.73. The molecule has 0 bridgehead atoms. The number of hydrogen-bond donors (Lipinski definition) is 2. The van der Waals surface area contributed by atoms with Crippen LogP contribution < -0.4 is 4.90 Å². The fourth-order valence-electron chi connectivity index (χ4n) is 1.98. The maximum absolute atomic E-state index is 9.75. The fourth-order valence-corrected chi connectivity index (χ4v) is 1.98. The minimum atomic E-state index is -0.374. The van der Waals surface area contributed by atoms with Crippen LogP contribution in [-0.4, -0.2) is 29.9 Å². The number of hydrogen-bond acceptors (Lipinski definition) is 3. The molecule has 0 saturated carbocycles. The molecular formula is C15H25NO2. The van der Waals surface area contributed by atoms with Gasteiger partial charge in [0.05, 0.1) is 12.7 Å². The van der Waals surface area contributed by atoms with E-state index in [0.717, 1.165) is 37.1 Å². The first-order valence-electron chi connectivity index (χ1n) is 6.86. The van der Waals surface area contributed by atoms with E-state index in [1.54, 1.807) is 0 Å². The molecule has 0 amide bonds. The van der Waals surface area contributed by atoms with Crippen LogP contribution in [0.4, 0.5) is 5.69 Å². The predicted octanol–water partition coefficient (Wildman–Crippen LogP) is 2.73. The molecule has 1 unspecified atom stereocenters. The van der Waals surface area contributed by atoms with E-state index in [2.05, 4.69) is 11.8 Å². The van der Waals surface area contributed by atoms with Crippen molar-refractivity contribution in [2.24, 2.45) is 0 Å². The second-order valence-corrected chi connectivity index (χ2v) is 4.58. The smallest absolute Gasteiger partial charge is 0.0787 e. The molecule has 0 aromatic heterocycles. The van der Waals surface area contributed by atoms with Gasteiger partial charge in [0, 0.05) is 18.8 Å². The lowest BCUT2D eigenvalue weighted by Crippen LogP contribution is -2.27. The van der Waals surface area contributed by atoms with Gasteiger partial charge in [-0.1, -0.05) is 32.4 Å². The van der Waals surface area contributed by atoms with Crippen molar-refractivity contribution < 1.29 is 10.2 Å². The molecule has 2 N–H and O–H groups in total. The second kappa shape index (κ2) is 8.11. The number of aliphatic hydroxyl groups is 2. The number of benzene rings is 1. The highest BCUT2D eigenvalue weighted by Crippen LogP contribution is 2.21. The normalized spacial score (nSPS) is 12.4. The Hall–Kier alpha value is -1.06. The number of aliphatic hydroxyl groups excluding tert-OH is 2. The molecule has 0 radical (unpaired) electrons. The van der Waals surface area contributed by atoms with Crippen LogP contribution in [0, 0.1) is 0 Å². The third-order valence-electron chi connectivity index (χ3n) is 3.18. The molecule has 0 saturated heterocycles. The highest BCUT2D eigenvalue weighted by molar-refractivity contribution is 5.47. The Morgan fingerprint density at radius 1 is 1.11 bits per heavy atom. The number of nitrogens with zero attached hydrogens (tertiary/aromatic N) is 1. The van der Waals surface area contributed by atoms with E-state index in [9.17, 15) is 5.11 Å². The molecule has 0 aliphatic heterocycles. The third-order valence-corrected chi connectivity index (χ3v) is 3.18. The van der Waals surface area contributed by atoms with Crippen molar-refractivity contribution in [2.75, 3.05) is 24.6 Å². The van der Waals surface area contributed by atoms with Gasteiger partial charge >= 0.3 is 0 Å². The second-order valence-electron chi connectivity index (χ2n) is 4.58. The van der Waals surface area contributed by atoms with Crippen LogP contribution in [0.15, 0.2) is 24.3 Å². The predicted molar refractivity (Wildman–Crippen MR) is 75.9 cm³/mol. The largest absolute Gasteiger partial charge is 0.395 e. The van der Waals surface area contributed by atoms with Gasteiger partial charge < -0.3 is 15.1 Å². The number of unbranched alkanes of at least 4 members (excludes halogenated alkanes) is 1. The van der Waals surface area contributed by atoms with Crippen molar-refractivity contribution in [1.29, 1.82) is 0 Å². The zero-order valence-electron chi connectivity index (χ0n) is 11.5. The van der Waals surface area contributed by atoms with E-state index >= 15 is 0 Å². The fraction of sp³-hybridized carbons (Fsp3) is 0.600. The van der Waals surface area contributed by atoms with Crippen molar-refractivity contribution >= 4 is 5.69 Å². The summed E-state index contributed by atoms with van der Waals surface area (Å²) in [7, 11) is 0. The molecule has 0 aliphatic rings. The molecule has 3 nitrogen and oxygen atoms in total. The molecule has 102 valence electrons. The van der Waals surface area contributed by atoms with Crippen LogP contribution in [0.3, 0.4) is 0 Å². The van der Waals surface area contributed by atoms with Crippen LogP contribution in [-0.2, 0) is 0 Å². The summed E-state index contributed by atoms with van der Waals surface area (Å²) >= 11 is 0. The molecule has 1 aromatic rings. The molecular weight excluding hydrogens is 226 g/mol. The van der Waals surface area contributed by atoms with E-state index in [1.807, 2.05) is 31.2 Å². The molecule has 1 rings (SSSR count). The summed E-state index contributed by atoms with van der Waals surface area (Å²) in [4.78, 5) is 2.19. The van der Waals surface area contributed by atoms with Crippen LogP contribution in [0.2, 0.25) is 0 Å². The molecule has 1 aromatic carbocycles. The summed E-state index contributed by atoms with van der Waals surface area (Å²) < 4.78 is 0. The number of rotatable bonds is 8. The van der Waals surface area contributed by atoms with Gasteiger partial charge in [0.1, 0.15) is 0 Å². The molecule has 0 heterocycles. The van der Waals surface area contributed by atoms with Crippen LogP contribution in [0.5, 0.6) is 0 Å². The van der Waals surface area contributed by atoms with Gasteiger partial charge in [-0.05, 0) is 30.5 Å². The van der Waals surface area contributed by atoms with Gasteiger partial charge in [0.15, 0.2) is 0 Å². The van der Waals surface area contributed by atoms with Crippen molar-refractivity contribution in [3.05, 3.63) is 29.8 Å². The van der Waals surface area contributed by atoms with Crippen molar-refractivity contribution in [3.8, 4) is 0 Å². The topological polar surface area (TPSA) is 43.7 Å². The first-order valence-corrected chi connectivity index (χ1v) is 6.86. The zero-order chi connectivity index (χ0) is 13.4. The lowest BCUT2D eigenvalue weighted by molar-refractivity contribution is 0.173. The van der Waals surface area contributed by atoms with Crippen molar-refractivity contribution in [1.82, 2.24) is 0 Å². The maximum Gasteiger partial charge on any atom is 0.0787 e. The Morgan fingerprint density at radius 2 is 1.78 bits per heavy atom. The Bertz CT molecular complexity index is 324. The van der Waals surface area contributed by atoms with Gasteiger partial charge in [-0.25, -0.2) is 0 Å². The summed E-state index contributed by atoms with van der Waals surface area (Å²) in [5.41, 5.74) is 2.07. The Morgan fingerprint density at radius 3 is 2.28 bits per heavy atom. The molecule has 18 heavy (non-hydrogen) atoms. The van der Waals surface area contributed by atoms with Crippen LogP contribution >= 0.6 is 0 Å². The molecule has 0 spiro atoms. The average molecular weight is 251 g/mol. The van der Waals surface area contributed by atoms with Crippen LogP contribution in [0.25, 0.3) is 0 Å². The lowest BCUT2D eigenvalue weighted by atomic mass is 10.1. The maximum atomic E-state index is 9.75. The molecule has 1 atom stereocenters. The highest BCUT2D eigenvalue weighted by atomic mass is 16.3. The van der Waals surface area contributed by atoms with Gasteiger partial charge in [-0.2, -0.15) is 0 Å². The molecule has 3 heteroatoms. The first-order chi connectivity index (χ1) is 8.72. The average Bonchev–Trinajstić information content (AvgIpc) is 2.43. The molecule has 0 aliphatic carbocycles.